The summed E-state index contributed by atoms with van der Waals surface area (Å²) in [4.78, 5) is 15.0. The van der Waals surface area contributed by atoms with Crippen molar-refractivity contribution in [3.05, 3.63) is 30.6 Å². The summed E-state index contributed by atoms with van der Waals surface area (Å²) >= 11 is 0. The summed E-state index contributed by atoms with van der Waals surface area (Å²) in [5, 5.41) is 0. The van der Waals surface area contributed by atoms with Crippen molar-refractivity contribution in [1.29, 1.82) is 0 Å². The van der Waals surface area contributed by atoms with Crippen molar-refractivity contribution in [3.8, 4) is 0 Å². The average Bonchev–Trinajstić information content (AvgIpc) is 2.04. The number of thiol groups is 1. The Labute approximate surface area is 75.4 Å². The Morgan fingerprint density at radius 2 is 1.77 bits per heavy atom. The predicted molar refractivity (Wildman–Crippen MR) is 40.0 cm³/mol. The van der Waals surface area contributed by atoms with Gasteiger partial charge in [0.2, 0.25) is 12.4 Å². The van der Waals surface area contributed by atoms with Crippen molar-refractivity contribution in [1.82, 2.24) is 0 Å². The molecule has 1 rings (SSSR count). The molecular weight excluding hydrogens is 198 g/mol. The number of aromatic nitrogens is 1. The van der Waals surface area contributed by atoms with Gasteiger partial charge in [-0.1, -0.05) is 6.07 Å². The molecule has 0 saturated carbocycles. The highest BCUT2D eigenvalue weighted by Gasteiger charge is 2.12. The molecule has 0 fully saturated rings. The lowest BCUT2D eigenvalue weighted by atomic mass is 10.5. The molecule has 1 heterocycles. The summed E-state index contributed by atoms with van der Waals surface area (Å²) in [7, 11) is -3.22. The molecule has 0 amide bonds. The second kappa shape index (κ2) is 4.41. The number of hydrogen-bond acceptors (Lipinski definition) is 5. The second-order valence-electron chi connectivity index (χ2n) is 1.89. The minimum atomic E-state index is -3.22. The third kappa shape index (κ3) is 3.52. The summed E-state index contributed by atoms with van der Waals surface area (Å²) in [5.74, 6) is 0. The molecule has 1 aromatic heterocycles. The fourth-order valence-electron chi connectivity index (χ4n) is 0.607. The quantitative estimate of drug-likeness (QED) is 0.497. The van der Waals surface area contributed by atoms with Gasteiger partial charge in [0.15, 0.2) is 0 Å². The van der Waals surface area contributed by atoms with Crippen LogP contribution in [0.2, 0.25) is 0 Å². The Hall–Kier alpha value is -1.63. The van der Waals surface area contributed by atoms with Crippen LogP contribution in [0.15, 0.2) is 30.6 Å². The number of pyridine rings is 1. The van der Waals surface area contributed by atoms with Gasteiger partial charge in [0, 0.05) is 16.9 Å². The summed E-state index contributed by atoms with van der Waals surface area (Å²) < 4.78 is 24.6. The molecule has 0 aliphatic rings. The third-order valence-electron chi connectivity index (χ3n) is 1.02. The standard InChI is InChI=1S/C6H6NO5S/c8-6(12-13(9)10)11-7-4-2-1-3-5-7/h1-5,13H/q+1. The van der Waals surface area contributed by atoms with Crippen molar-refractivity contribution in [2.45, 2.75) is 0 Å². The third-order valence-corrected chi connectivity index (χ3v) is 1.32. The molecule has 0 N–H and O–H groups in total. The molecule has 0 atom stereocenters. The number of carbonyl (C=O) groups excluding carboxylic acids is 1. The van der Waals surface area contributed by atoms with Crippen LogP contribution in [0.4, 0.5) is 4.79 Å². The van der Waals surface area contributed by atoms with Crippen molar-refractivity contribution < 1.29 is 27.0 Å². The van der Waals surface area contributed by atoms with Crippen LogP contribution in [0, 0.1) is 0 Å². The molecule has 0 aliphatic carbocycles. The number of nitrogens with zero attached hydrogens (tertiary/aromatic N) is 1. The molecule has 0 spiro atoms. The first-order chi connectivity index (χ1) is 6.18. The van der Waals surface area contributed by atoms with Gasteiger partial charge >= 0.3 is 17.1 Å². The highest BCUT2D eigenvalue weighted by Crippen LogP contribution is 1.78. The van der Waals surface area contributed by atoms with E-state index in [4.69, 9.17) is 0 Å². The second-order valence-corrected chi connectivity index (χ2v) is 2.52. The van der Waals surface area contributed by atoms with E-state index in [1.54, 1.807) is 18.2 Å². The maximum absolute atomic E-state index is 10.6. The zero-order valence-corrected chi connectivity index (χ0v) is 7.22. The van der Waals surface area contributed by atoms with Crippen LogP contribution in [-0.2, 0) is 15.2 Å². The number of carbonyl (C=O) groups is 1. The van der Waals surface area contributed by atoms with Crippen LogP contribution < -0.4 is 9.57 Å². The Bertz CT molecular complexity index is 353. The maximum Gasteiger partial charge on any atom is 0.587 e. The fraction of sp³-hybridized carbons (Fsp3) is 0. The molecule has 7 heteroatoms. The first-order valence-corrected chi connectivity index (χ1v) is 4.29. The molecule has 13 heavy (non-hydrogen) atoms. The van der Waals surface area contributed by atoms with Crippen LogP contribution in [0.1, 0.15) is 0 Å². The zero-order chi connectivity index (χ0) is 9.68. The summed E-state index contributed by atoms with van der Waals surface area (Å²) in [5.41, 5.74) is 0. The van der Waals surface area contributed by atoms with Crippen LogP contribution >= 0.6 is 0 Å². The van der Waals surface area contributed by atoms with Crippen LogP contribution in [0.5, 0.6) is 0 Å². The van der Waals surface area contributed by atoms with Crippen LogP contribution in [0.3, 0.4) is 0 Å². The lowest BCUT2D eigenvalue weighted by Crippen LogP contribution is -2.45. The van der Waals surface area contributed by atoms with E-state index >= 15 is 0 Å². The van der Waals surface area contributed by atoms with Crippen LogP contribution in [0.25, 0.3) is 0 Å². The Kier molecular flexibility index (Phi) is 3.21. The van der Waals surface area contributed by atoms with E-state index in [9.17, 15) is 13.2 Å². The van der Waals surface area contributed by atoms with E-state index < -0.39 is 17.1 Å². The van der Waals surface area contributed by atoms with E-state index in [2.05, 4.69) is 9.02 Å². The molecule has 6 nitrogen and oxygen atoms in total. The Morgan fingerprint density at radius 1 is 1.15 bits per heavy atom. The molecule has 1 aromatic rings. The Balaban J connectivity index is 2.55. The molecule has 0 bridgehead atoms. The van der Waals surface area contributed by atoms with Crippen molar-refractivity contribution >= 4 is 17.1 Å². The van der Waals surface area contributed by atoms with Crippen molar-refractivity contribution in [2.75, 3.05) is 0 Å². The van der Waals surface area contributed by atoms with Gasteiger partial charge in [-0.2, -0.15) is 13.2 Å². The molecule has 70 valence electrons. The molecule has 0 aromatic carbocycles. The van der Waals surface area contributed by atoms with Crippen LogP contribution in [-0.4, -0.2) is 14.6 Å². The Morgan fingerprint density at radius 3 is 2.31 bits per heavy atom. The summed E-state index contributed by atoms with van der Waals surface area (Å²) in [6, 6.07) is 4.91. The SMILES string of the molecule is O=C(O[n+]1ccccc1)O[SH](=O)=O. The van der Waals surface area contributed by atoms with E-state index in [1.165, 1.54) is 12.4 Å². The smallest absolute Gasteiger partial charge is 0.310 e. The first kappa shape index (κ1) is 9.46. The van der Waals surface area contributed by atoms with Gasteiger partial charge in [-0.15, -0.1) is 4.84 Å². The fourth-order valence-corrected chi connectivity index (χ4v) is 0.762. The van der Waals surface area contributed by atoms with Gasteiger partial charge < -0.3 is 4.18 Å². The van der Waals surface area contributed by atoms with Gasteiger partial charge in [-0.05, 0) is 0 Å². The van der Waals surface area contributed by atoms with Crippen molar-refractivity contribution in [2.24, 2.45) is 0 Å². The molecular formula is C6H6NO5S+. The van der Waals surface area contributed by atoms with Gasteiger partial charge in [-0.3, -0.25) is 0 Å². The summed E-state index contributed by atoms with van der Waals surface area (Å²) in [6.45, 7) is 0. The minimum Gasteiger partial charge on any atom is -0.310 e. The lowest BCUT2D eigenvalue weighted by Gasteiger charge is -1.91. The normalized spacial score (nSPS) is 9.62. The topological polar surface area (TPSA) is 73.5 Å². The number of rotatable bonds is 2. The largest absolute Gasteiger partial charge is 0.587 e. The lowest BCUT2D eigenvalue weighted by molar-refractivity contribution is -0.870. The monoisotopic (exact) mass is 204 g/mol. The molecule has 0 saturated heterocycles. The molecule has 0 unspecified atom stereocenters. The van der Waals surface area contributed by atoms with Gasteiger partial charge in [-0.25, -0.2) is 0 Å². The maximum atomic E-state index is 10.6. The highest BCUT2D eigenvalue weighted by atomic mass is 32.2. The molecule has 0 aliphatic heterocycles. The first-order valence-electron chi connectivity index (χ1n) is 3.19. The molecule has 0 radical (unpaired) electrons. The van der Waals surface area contributed by atoms with Gasteiger partial charge in [0.1, 0.15) is 0 Å². The number of hydrogen-bond donors (Lipinski definition) is 1. The van der Waals surface area contributed by atoms with Crippen molar-refractivity contribution in [3.63, 3.8) is 0 Å². The van der Waals surface area contributed by atoms with E-state index in [0.29, 0.717) is 0 Å². The van der Waals surface area contributed by atoms with Gasteiger partial charge in [0.05, 0.1) is 0 Å². The highest BCUT2D eigenvalue weighted by molar-refractivity contribution is 7.67. The van der Waals surface area contributed by atoms with E-state index in [1.807, 2.05) is 0 Å². The zero-order valence-electron chi connectivity index (χ0n) is 6.32. The van der Waals surface area contributed by atoms with E-state index in [-0.39, 0.29) is 0 Å². The van der Waals surface area contributed by atoms with Gasteiger partial charge in [0.25, 0.3) is 0 Å². The average molecular weight is 204 g/mol. The van der Waals surface area contributed by atoms with E-state index in [0.717, 1.165) is 4.73 Å². The predicted octanol–water partition coefficient (Wildman–Crippen LogP) is -0.934. The minimum absolute atomic E-state index is 1.02. The summed E-state index contributed by atoms with van der Waals surface area (Å²) in [6.07, 6.45) is 1.53.